The van der Waals surface area contributed by atoms with Crippen molar-refractivity contribution in [1.82, 2.24) is 4.57 Å². The second-order valence-electron chi connectivity index (χ2n) is 5.01. The quantitative estimate of drug-likeness (QED) is 0.505. The van der Waals surface area contributed by atoms with Gasteiger partial charge >= 0.3 is 11.9 Å². The van der Waals surface area contributed by atoms with E-state index in [1.807, 2.05) is 0 Å². The molecule has 0 N–H and O–H groups in total. The normalized spacial score (nSPS) is 12.7. The van der Waals surface area contributed by atoms with Crippen LogP contribution in [0.15, 0.2) is 12.3 Å². The maximum absolute atomic E-state index is 11.8. The zero-order chi connectivity index (χ0) is 17.6. The van der Waals surface area contributed by atoms with E-state index in [9.17, 15) is 18.0 Å². The molecule has 0 aromatic carbocycles. The summed E-state index contributed by atoms with van der Waals surface area (Å²) < 4.78 is 38.0. The minimum absolute atomic E-state index is 0.0880. The molecule has 0 fully saturated rings. The number of aromatic nitrogens is 1. The average Bonchev–Trinajstić information content (AvgIpc) is 2.85. The minimum atomic E-state index is -3.53. The molecule has 8 nitrogen and oxygen atoms in total. The summed E-state index contributed by atoms with van der Waals surface area (Å²) in [4.78, 5) is 23.3. The van der Waals surface area contributed by atoms with Gasteiger partial charge < -0.3 is 14.0 Å². The van der Waals surface area contributed by atoms with E-state index in [1.165, 1.54) is 14.2 Å². The maximum atomic E-state index is 11.8. The monoisotopic (exact) mass is 347 g/mol. The van der Waals surface area contributed by atoms with Crippen LogP contribution in [0, 0.1) is 0 Å². The van der Waals surface area contributed by atoms with Gasteiger partial charge in [0, 0.05) is 18.4 Å². The first-order valence-corrected chi connectivity index (χ1v) is 8.71. The van der Waals surface area contributed by atoms with E-state index in [4.69, 9.17) is 4.18 Å². The van der Waals surface area contributed by atoms with Gasteiger partial charge in [-0.1, -0.05) is 0 Å². The van der Waals surface area contributed by atoms with Gasteiger partial charge in [0.15, 0.2) is 0 Å². The average molecular weight is 347 g/mol. The largest absolute Gasteiger partial charge is 0.469 e. The van der Waals surface area contributed by atoms with Crippen LogP contribution >= 0.6 is 0 Å². The summed E-state index contributed by atoms with van der Waals surface area (Å²) in [5.41, 5.74) is 0.727. The van der Waals surface area contributed by atoms with E-state index in [-0.39, 0.29) is 12.0 Å². The van der Waals surface area contributed by atoms with Gasteiger partial charge in [0.25, 0.3) is 10.1 Å². The van der Waals surface area contributed by atoms with E-state index in [0.717, 1.165) is 6.26 Å². The van der Waals surface area contributed by atoms with Gasteiger partial charge in [-0.25, -0.2) is 4.79 Å². The summed E-state index contributed by atoms with van der Waals surface area (Å²) in [6, 6.07) is 1.55. The molecule has 0 aliphatic rings. The summed E-state index contributed by atoms with van der Waals surface area (Å²) in [7, 11) is -1.02. The SMILES string of the molecule is COC(=O)Cc1c(C(=O)OC)ccn1CCC(C)OS(C)(=O)=O. The first-order valence-electron chi connectivity index (χ1n) is 6.89. The molecule has 1 atom stereocenters. The lowest BCUT2D eigenvalue weighted by molar-refractivity contribution is -0.139. The second kappa shape index (κ2) is 8.11. The van der Waals surface area contributed by atoms with E-state index < -0.39 is 28.2 Å². The zero-order valence-electron chi connectivity index (χ0n) is 13.6. The van der Waals surface area contributed by atoms with Crippen molar-refractivity contribution in [3.8, 4) is 0 Å². The number of esters is 2. The highest BCUT2D eigenvalue weighted by molar-refractivity contribution is 7.86. The summed E-state index contributed by atoms with van der Waals surface area (Å²) in [5, 5.41) is 0. The van der Waals surface area contributed by atoms with Crippen LogP contribution in [0.1, 0.15) is 29.4 Å². The molecule has 1 aromatic rings. The van der Waals surface area contributed by atoms with Crippen LogP contribution in [0.5, 0.6) is 0 Å². The highest BCUT2D eigenvalue weighted by Crippen LogP contribution is 2.16. The number of methoxy groups -OCH3 is 2. The molecule has 0 aliphatic carbocycles. The Morgan fingerprint density at radius 1 is 1.26 bits per heavy atom. The number of nitrogens with zero attached hydrogens (tertiary/aromatic N) is 1. The molecule has 1 unspecified atom stereocenters. The smallest absolute Gasteiger partial charge is 0.339 e. The third kappa shape index (κ3) is 6.03. The predicted octanol–water partition coefficient (Wildman–Crippen LogP) is 0.745. The maximum Gasteiger partial charge on any atom is 0.339 e. The molecular formula is C14H21NO7S. The number of carbonyl (C=O) groups excluding carboxylic acids is 2. The van der Waals surface area contributed by atoms with Gasteiger partial charge in [-0.2, -0.15) is 8.42 Å². The Balaban J connectivity index is 2.91. The van der Waals surface area contributed by atoms with Crippen molar-refractivity contribution in [2.75, 3.05) is 20.5 Å². The first kappa shape index (κ1) is 19.2. The van der Waals surface area contributed by atoms with Crippen LogP contribution in [0.3, 0.4) is 0 Å². The minimum Gasteiger partial charge on any atom is -0.469 e. The van der Waals surface area contributed by atoms with Gasteiger partial charge in [-0.15, -0.1) is 0 Å². The van der Waals surface area contributed by atoms with Crippen molar-refractivity contribution >= 4 is 22.1 Å². The second-order valence-corrected chi connectivity index (χ2v) is 6.61. The van der Waals surface area contributed by atoms with Crippen LogP contribution in [0.2, 0.25) is 0 Å². The number of ether oxygens (including phenoxy) is 2. The van der Waals surface area contributed by atoms with E-state index >= 15 is 0 Å². The molecule has 130 valence electrons. The number of carbonyl (C=O) groups is 2. The molecule has 1 aromatic heterocycles. The topological polar surface area (TPSA) is 101 Å². The lowest BCUT2D eigenvalue weighted by Crippen LogP contribution is -2.18. The van der Waals surface area contributed by atoms with Crippen LogP contribution in [-0.2, 0) is 41.5 Å². The summed E-state index contributed by atoms with van der Waals surface area (Å²) in [5.74, 6) is -1.04. The van der Waals surface area contributed by atoms with Crippen molar-refractivity contribution < 1.29 is 31.7 Å². The zero-order valence-corrected chi connectivity index (χ0v) is 14.4. The Kier molecular flexibility index (Phi) is 6.77. The molecule has 1 rings (SSSR count). The van der Waals surface area contributed by atoms with Crippen LogP contribution in [0.4, 0.5) is 0 Å². The fraction of sp³-hybridized carbons (Fsp3) is 0.571. The van der Waals surface area contributed by atoms with Crippen molar-refractivity contribution in [3.05, 3.63) is 23.5 Å². The number of hydrogen-bond donors (Lipinski definition) is 0. The Bertz CT molecular complexity index is 663. The molecule has 0 amide bonds. The molecule has 9 heteroatoms. The van der Waals surface area contributed by atoms with Gasteiger partial charge in [0.1, 0.15) is 0 Å². The molecule has 23 heavy (non-hydrogen) atoms. The van der Waals surface area contributed by atoms with E-state index in [0.29, 0.717) is 18.7 Å². The standard InChI is InChI=1S/C14H21NO7S/c1-10(22-23(4,18)19)5-7-15-8-6-11(14(17)21-3)12(15)9-13(16)20-2/h6,8,10H,5,7,9H2,1-4H3. The predicted molar refractivity (Wildman–Crippen MR) is 81.5 cm³/mol. The number of rotatable bonds is 8. The Hall–Kier alpha value is -1.87. The summed E-state index contributed by atoms with van der Waals surface area (Å²) in [6.07, 6.45) is 2.39. The molecule has 0 bridgehead atoms. The number of hydrogen-bond acceptors (Lipinski definition) is 7. The van der Waals surface area contributed by atoms with Crippen LogP contribution in [0.25, 0.3) is 0 Å². The lowest BCUT2D eigenvalue weighted by atomic mass is 10.2. The number of aryl methyl sites for hydroxylation is 1. The van der Waals surface area contributed by atoms with Gasteiger partial charge in [0.2, 0.25) is 0 Å². The molecule has 0 saturated heterocycles. The third-order valence-electron chi connectivity index (χ3n) is 3.14. The van der Waals surface area contributed by atoms with Crippen molar-refractivity contribution in [1.29, 1.82) is 0 Å². The van der Waals surface area contributed by atoms with Gasteiger partial charge in [-0.3, -0.25) is 8.98 Å². The van der Waals surface area contributed by atoms with Crippen molar-refractivity contribution in [3.63, 3.8) is 0 Å². The van der Waals surface area contributed by atoms with Crippen LogP contribution < -0.4 is 0 Å². The van der Waals surface area contributed by atoms with Gasteiger partial charge in [-0.05, 0) is 19.4 Å². The Labute approximate surface area is 135 Å². The molecule has 1 heterocycles. The van der Waals surface area contributed by atoms with Crippen LogP contribution in [-0.4, -0.2) is 51.5 Å². The fourth-order valence-corrected chi connectivity index (χ4v) is 2.78. The molecule has 0 spiro atoms. The molecule has 0 aliphatic heterocycles. The van der Waals surface area contributed by atoms with Crippen molar-refractivity contribution in [2.45, 2.75) is 32.4 Å². The third-order valence-corrected chi connectivity index (χ3v) is 3.82. The van der Waals surface area contributed by atoms with E-state index in [2.05, 4.69) is 9.47 Å². The highest BCUT2D eigenvalue weighted by atomic mass is 32.2. The first-order chi connectivity index (χ1) is 10.7. The summed E-state index contributed by atoms with van der Waals surface area (Å²) >= 11 is 0. The Morgan fingerprint density at radius 2 is 1.91 bits per heavy atom. The van der Waals surface area contributed by atoms with Gasteiger partial charge in [0.05, 0.1) is 38.6 Å². The molecule has 0 radical (unpaired) electrons. The fourth-order valence-electron chi connectivity index (χ4n) is 2.08. The summed E-state index contributed by atoms with van der Waals surface area (Å²) in [6.45, 7) is 2.01. The Morgan fingerprint density at radius 3 is 2.43 bits per heavy atom. The molecular weight excluding hydrogens is 326 g/mol. The highest BCUT2D eigenvalue weighted by Gasteiger charge is 2.20. The van der Waals surface area contributed by atoms with Crippen molar-refractivity contribution in [2.24, 2.45) is 0 Å². The lowest BCUT2D eigenvalue weighted by Gasteiger charge is -2.14. The van der Waals surface area contributed by atoms with E-state index in [1.54, 1.807) is 23.8 Å². The molecule has 0 saturated carbocycles.